The average Bonchev–Trinajstić information content (AvgIpc) is 2.30. The fraction of sp³-hybridized carbons (Fsp3) is 0.429. The normalized spacial score (nSPS) is 17.5. The van der Waals surface area contributed by atoms with Gasteiger partial charge in [-0.15, -0.1) is 0 Å². The molecule has 0 radical (unpaired) electrons. The number of halogens is 1. The molecule has 86 valence electrons. The van der Waals surface area contributed by atoms with Gasteiger partial charge in [0.2, 0.25) is 0 Å². The Hall–Kier alpha value is -0.950. The fourth-order valence-corrected chi connectivity index (χ4v) is 2.46. The minimum absolute atomic E-state index is 0.688. The highest BCUT2D eigenvalue weighted by Gasteiger charge is 2.19. The molecule has 0 N–H and O–H groups in total. The first-order valence-electron chi connectivity index (χ1n) is 5.83. The highest BCUT2D eigenvalue weighted by atomic mass is 35.5. The molecule has 2 rings (SSSR count). The molecule has 0 aromatic heterocycles. The van der Waals surface area contributed by atoms with Crippen molar-refractivity contribution in [3.05, 3.63) is 47.1 Å². The topological polar surface area (TPSA) is 3.24 Å². The van der Waals surface area contributed by atoms with E-state index in [9.17, 15) is 0 Å². The van der Waals surface area contributed by atoms with Crippen molar-refractivity contribution in [3.8, 4) is 0 Å². The van der Waals surface area contributed by atoms with Crippen LogP contribution < -0.4 is 0 Å². The molecule has 16 heavy (non-hydrogen) atoms. The Morgan fingerprint density at radius 1 is 1.25 bits per heavy atom. The van der Waals surface area contributed by atoms with E-state index in [4.69, 9.17) is 11.6 Å². The SMILES string of the molecule is C=C(C)N1CCC(c2ccc(Cl)cc2)CC1. The molecule has 0 bridgehead atoms. The van der Waals surface area contributed by atoms with Crippen molar-refractivity contribution >= 4 is 11.6 Å². The zero-order chi connectivity index (χ0) is 11.5. The van der Waals surface area contributed by atoms with Crippen molar-refractivity contribution in [3.63, 3.8) is 0 Å². The van der Waals surface area contributed by atoms with Gasteiger partial charge >= 0.3 is 0 Å². The van der Waals surface area contributed by atoms with Crippen molar-refractivity contribution in [2.24, 2.45) is 0 Å². The molecule has 0 amide bonds. The molecule has 1 aliphatic heterocycles. The second kappa shape index (κ2) is 4.92. The van der Waals surface area contributed by atoms with E-state index in [1.165, 1.54) is 24.1 Å². The van der Waals surface area contributed by atoms with Crippen LogP contribution in [0.4, 0.5) is 0 Å². The van der Waals surface area contributed by atoms with Gasteiger partial charge in [-0.2, -0.15) is 0 Å². The summed E-state index contributed by atoms with van der Waals surface area (Å²) in [6.07, 6.45) is 2.43. The van der Waals surface area contributed by atoms with Crippen LogP contribution >= 0.6 is 11.6 Å². The lowest BCUT2D eigenvalue weighted by molar-refractivity contribution is 0.264. The first-order chi connectivity index (χ1) is 7.66. The summed E-state index contributed by atoms with van der Waals surface area (Å²) >= 11 is 5.90. The van der Waals surface area contributed by atoms with Crippen LogP contribution in [-0.4, -0.2) is 18.0 Å². The molecule has 1 aromatic carbocycles. The monoisotopic (exact) mass is 235 g/mol. The summed E-state index contributed by atoms with van der Waals surface area (Å²) in [5.41, 5.74) is 2.61. The maximum absolute atomic E-state index is 5.90. The Morgan fingerprint density at radius 2 is 1.81 bits per heavy atom. The molecule has 1 saturated heterocycles. The molecule has 1 fully saturated rings. The Morgan fingerprint density at radius 3 is 2.31 bits per heavy atom. The number of likely N-dealkylation sites (tertiary alicyclic amines) is 1. The first-order valence-corrected chi connectivity index (χ1v) is 6.20. The zero-order valence-electron chi connectivity index (χ0n) is 9.75. The second-order valence-electron chi connectivity index (χ2n) is 4.55. The molecule has 2 heteroatoms. The van der Waals surface area contributed by atoms with Gasteiger partial charge in [0.25, 0.3) is 0 Å². The Kier molecular flexibility index (Phi) is 3.55. The molecule has 0 saturated carbocycles. The molecule has 0 unspecified atom stereocenters. The molecular formula is C14H18ClN. The standard InChI is InChI=1S/C14H18ClN/c1-11(2)16-9-7-13(8-10-16)12-3-5-14(15)6-4-12/h3-6,13H,1,7-10H2,2H3. The van der Waals surface area contributed by atoms with E-state index in [2.05, 4.69) is 30.5 Å². The van der Waals surface area contributed by atoms with Crippen molar-refractivity contribution in [1.82, 2.24) is 4.90 Å². The van der Waals surface area contributed by atoms with Gasteiger partial charge in [0.1, 0.15) is 0 Å². The largest absolute Gasteiger partial charge is 0.375 e. The highest BCUT2D eigenvalue weighted by Crippen LogP contribution is 2.29. The Balaban J connectivity index is 1.99. The molecule has 1 nitrogen and oxygen atoms in total. The molecule has 1 aromatic rings. The van der Waals surface area contributed by atoms with Gasteiger partial charge in [0.15, 0.2) is 0 Å². The van der Waals surface area contributed by atoms with E-state index in [0.717, 1.165) is 18.1 Å². The minimum Gasteiger partial charge on any atom is -0.375 e. The third kappa shape index (κ3) is 2.59. The first kappa shape index (κ1) is 11.5. The summed E-state index contributed by atoms with van der Waals surface area (Å²) in [7, 11) is 0. The van der Waals surface area contributed by atoms with E-state index in [0.29, 0.717) is 5.92 Å². The van der Waals surface area contributed by atoms with Crippen LogP contribution in [0.25, 0.3) is 0 Å². The lowest BCUT2D eigenvalue weighted by Gasteiger charge is -2.33. The van der Waals surface area contributed by atoms with Crippen molar-refractivity contribution in [1.29, 1.82) is 0 Å². The number of allylic oxidation sites excluding steroid dienone is 1. The van der Waals surface area contributed by atoms with Gasteiger partial charge in [0, 0.05) is 23.8 Å². The predicted octanol–water partition coefficient (Wildman–Crippen LogP) is 4.05. The van der Waals surface area contributed by atoms with Crippen LogP contribution in [0.5, 0.6) is 0 Å². The minimum atomic E-state index is 0.688. The number of benzene rings is 1. The summed E-state index contributed by atoms with van der Waals surface area (Å²) in [6.45, 7) is 8.34. The molecule has 0 atom stereocenters. The van der Waals surface area contributed by atoms with Crippen LogP contribution in [-0.2, 0) is 0 Å². The van der Waals surface area contributed by atoms with Crippen LogP contribution in [0.1, 0.15) is 31.2 Å². The molecule has 0 spiro atoms. The number of rotatable bonds is 2. The van der Waals surface area contributed by atoms with Crippen molar-refractivity contribution < 1.29 is 0 Å². The molecule has 1 heterocycles. The second-order valence-corrected chi connectivity index (χ2v) is 4.98. The van der Waals surface area contributed by atoms with E-state index < -0.39 is 0 Å². The Labute approximate surface area is 103 Å². The number of hydrogen-bond donors (Lipinski definition) is 0. The van der Waals surface area contributed by atoms with Gasteiger partial charge in [0.05, 0.1) is 0 Å². The Bertz CT molecular complexity index is 361. The maximum Gasteiger partial charge on any atom is 0.0406 e. The lowest BCUT2D eigenvalue weighted by atomic mass is 9.89. The van der Waals surface area contributed by atoms with Crippen molar-refractivity contribution in [2.75, 3.05) is 13.1 Å². The molecule has 1 aliphatic rings. The van der Waals surface area contributed by atoms with Gasteiger partial charge in [-0.1, -0.05) is 30.3 Å². The summed E-state index contributed by atoms with van der Waals surface area (Å²) in [5.74, 6) is 0.688. The van der Waals surface area contributed by atoms with Gasteiger partial charge in [-0.3, -0.25) is 0 Å². The maximum atomic E-state index is 5.90. The summed E-state index contributed by atoms with van der Waals surface area (Å²) in [6, 6.07) is 8.29. The zero-order valence-corrected chi connectivity index (χ0v) is 10.5. The van der Waals surface area contributed by atoms with E-state index in [1.54, 1.807) is 0 Å². The third-order valence-electron chi connectivity index (χ3n) is 3.38. The third-order valence-corrected chi connectivity index (χ3v) is 3.63. The summed E-state index contributed by atoms with van der Waals surface area (Å²) < 4.78 is 0. The number of piperidine rings is 1. The molecular weight excluding hydrogens is 218 g/mol. The average molecular weight is 236 g/mol. The quantitative estimate of drug-likeness (QED) is 0.748. The van der Waals surface area contributed by atoms with E-state index in [-0.39, 0.29) is 0 Å². The number of nitrogens with zero attached hydrogens (tertiary/aromatic N) is 1. The molecule has 0 aliphatic carbocycles. The van der Waals surface area contributed by atoms with Gasteiger partial charge < -0.3 is 4.90 Å². The lowest BCUT2D eigenvalue weighted by Crippen LogP contribution is -2.31. The number of hydrogen-bond acceptors (Lipinski definition) is 1. The smallest absolute Gasteiger partial charge is 0.0406 e. The summed E-state index contributed by atoms with van der Waals surface area (Å²) in [5, 5.41) is 0.822. The fourth-order valence-electron chi connectivity index (χ4n) is 2.33. The van der Waals surface area contributed by atoms with E-state index >= 15 is 0 Å². The highest BCUT2D eigenvalue weighted by molar-refractivity contribution is 6.30. The van der Waals surface area contributed by atoms with Gasteiger partial charge in [-0.05, 0) is 43.4 Å². The van der Waals surface area contributed by atoms with E-state index in [1.807, 2.05) is 12.1 Å². The van der Waals surface area contributed by atoms with Gasteiger partial charge in [-0.25, -0.2) is 0 Å². The van der Waals surface area contributed by atoms with Crippen molar-refractivity contribution in [2.45, 2.75) is 25.7 Å². The van der Waals surface area contributed by atoms with Crippen LogP contribution in [0.3, 0.4) is 0 Å². The summed E-state index contributed by atoms with van der Waals surface area (Å²) in [4.78, 5) is 2.37. The van der Waals surface area contributed by atoms with Crippen LogP contribution in [0, 0.1) is 0 Å². The predicted molar refractivity (Wildman–Crippen MR) is 69.8 cm³/mol. The van der Waals surface area contributed by atoms with Crippen LogP contribution in [0.2, 0.25) is 5.02 Å². The van der Waals surface area contributed by atoms with Crippen LogP contribution in [0.15, 0.2) is 36.5 Å².